The van der Waals surface area contributed by atoms with E-state index in [1.165, 1.54) is 49.8 Å². The second-order valence-corrected chi connectivity index (χ2v) is 6.34. The molecule has 0 saturated carbocycles. The summed E-state index contributed by atoms with van der Waals surface area (Å²) in [7, 11) is 0. The van der Waals surface area contributed by atoms with Crippen molar-refractivity contribution in [3.63, 3.8) is 0 Å². The summed E-state index contributed by atoms with van der Waals surface area (Å²) < 4.78 is 0. The van der Waals surface area contributed by atoms with E-state index >= 15 is 0 Å². The molecule has 0 saturated heterocycles. The van der Waals surface area contributed by atoms with Crippen molar-refractivity contribution in [2.45, 2.75) is 83.7 Å². The fourth-order valence-corrected chi connectivity index (χ4v) is 2.71. The average Bonchev–Trinajstić information content (AvgIpc) is 2.54. The van der Waals surface area contributed by atoms with Crippen LogP contribution in [0.25, 0.3) is 0 Å². The van der Waals surface area contributed by atoms with Gasteiger partial charge in [-0.05, 0) is 6.42 Å². The molecule has 0 aliphatic heterocycles. The molecule has 0 radical (unpaired) electrons. The maximum Gasteiger partial charge on any atom is 0.306 e. The van der Waals surface area contributed by atoms with Crippen LogP contribution in [0.5, 0.6) is 0 Å². The summed E-state index contributed by atoms with van der Waals surface area (Å²) in [5.41, 5.74) is 0. The first-order valence-corrected chi connectivity index (χ1v) is 9.32. The lowest BCUT2D eigenvalue weighted by molar-refractivity contribution is -0.149. The maximum absolute atomic E-state index is 12.0. The van der Waals surface area contributed by atoms with E-state index in [4.69, 9.17) is 10.2 Å². The van der Waals surface area contributed by atoms with Gasteiger partial charge in [-0.2, -0.15) is 0 Å². The highest BCUT2D eigenvalue weighted by Crippen LogP contribution is 2.11. The van der Waals surface area contributed by atoms with Gasteiger partial charge in [-0.1, -0.05) is 64.7 Å². The summed E-state index contributed by atoms with van der Waals surface area (Å²) in [5, 5.41) is 27.2. The molecule has 3 N–H and O–H groups in total. The number of aliphatic hydroxyl groups excluding tert-OH is 2. The number of carbonyl (C=O) groups excluding carboxylic acids is 1. The number of unbranched alkanes of at least 4 members (excludes halogenated alkanes) is 9. The monoisotopic (exact) mass is 345 g/mol. The Labute approximate surface area is 145 Å². The van der Waals surface area contributed by atoms with Gasteiger partial charge in [0.1, 0.15) is 6.10 Å². The van der Waals surface area contributed by atoms with Crippen molar-refractivity contribution in [2.24, 2.45) is 0 Å². The minimum Gasteiger partial charge on any atom is -0.481 e. The molecule has 0 aliphatic carbocycles. The van der Waals surface area contributed by atoms with Crippen LogP contribution in [0, 0.1) is 0 Å². The van der Waals surface area contributed by atoms with E-state index in [1.54, 1.807) is 0 Å². The first kappa shape index (κ1) is 22.9. The molecule has 0 spiro atoms. The van der Waals surface area contributed by atoms with Crippen LogP contribution < -0.4 is 0 Å². The van der Waals surface area contributed by atoms with Crippen LogP contribution in [0.3, 0.4) is 0 Å². The number of rotatable bonds is 16. The first-order valence-electron chi connectivity index (χ1n) is 9.32. The first-order chi connectivity index (χ1) is 11.5. The molecular weight excluding hydrogens is 310 g/mol. The highest BCUT2D eigenvalue weighted by atomic mass is 16.4. The number of carboxylic acid groups (broad SMARTS) is 1. The van der Waals surface area contributed by atoms with Gasteiger partial charge in [-0.3, -0.25) is 9.59 Å². The Morgan fingerprint density at radius 3 is 1.83 bits per heavy atom. The number of carbonyl (C=O) groups is 2. The van der Waals surface area contributed by atoms with E-state index in [0.717, 1.165) is 19.3 Å². The van der Waals surface area contributed by atoms with E-state index in [2.05, 4.69) is 6.92 Å². The maximum atomic E-state index is 12.0. The Hall–Kier alpha value is -1.14. The standard InChI is InChI=1S/C18H35NO5/c1-2-3-4-5-6-7-8-9-10-11-12-19(13-14-20)18(24)16(21)15-17(22)23/h16,20-21H,2-15H2,1H3,(H,22,23). The molecule has 0 rings (SSSR count). The predicted octanol–water partition coefficient (Wildman–Crippen LogP) is 2.56. The zero-order valence-corrected chi connectivity index (χ0v) is 15.1. The third kappa shape index (κ3) is 12.3. The Balaban J connectivity index is 3.81. The molecule has 1 unspecified atom stereocenters. The topological polar surface area (TPSA) is 98.1 Å². The molecule has 24 heavy (non-hydrogen) atoms. The van der Waals surface area contributed by atoms with Crippen molar-refractivity contribution in [3.05, 3.63) is 0 Å². The molecule has 1 amide bonds. The molecule has 6 nitrogen and oxygen atoms in total. The van der Waals surface area contributed by atoms with E-state index in [1.807, 2.05) is 0 Å². The summed E-state index contributed by atoms with van der Waals surface area (Å²) in [4.78, 5) is 23.9. The molecule has 0 heterocycles. The zero-order valence-electron chi connectivity index (χ0n) is 15.1. The van der Waals surface area contributed by atoms with E-state index in [-0.39, 0.29) is 13.2 Å². The number of hydrogen-bond donors (Lipinski definition) is 3. The molecule has 1 atom stereocenters. The third-order valence-electron chi connectivity index (χ3n) is 4.12. The van der Waals surface area contributed by atoms with Crippen LogP contribution >= 0.6 is 0 Å². The highest BCUT2D eigenvalue weighted by Gasteiger charge is 2.23. The van der Waals surface area contributed by atoms with Crippen molar-refractivity contribution in [2.75, 3.05) is 19.7 Å². The number of carboxylic acids is 1. The van der Waals surface area contributed by atoms with Gasteiger partial charge in [0.25, 0.3) is 5.91 Å². The lowest BCUT2D eigenvalue weighted by Crippen LogP contribution is -2.42. The van der Waals surface area contributed by atoms with Gasteiger partial charge in [-0.15, -0.1) is 0 Å². The third-order valence-corrected chi connectivity index (χ3v) is 4.12. The van der Waals surface area contributed by atoms with Crippen LogP contribution in [0.15, 0.2) is 0 Å². The van der Waals surface area contributed by atoms with Gasteiger partial charge in [0.05, 0.1) is 13.0 Å². The van der Waals surface area contributed by atoms with Gasteiger partial charge in [0.2, 0.25) is 0 Å². The van der Waals surface area contributed by atoms with Crippen molar-refractivity contribution in [1.82, 2.24) is 4.90 Å². The molecule has 0 aromatic carbocycles. The molecule has 0 fully saturated rings. The lowest BCUT2D eigenvalue weighted by Gasteiger charge is -2.24. The van der Waals surface area contributed by atoms with Gasteiger partial charge in [0, 0.05) is 13.1 Å². The summed E-state index contributed by atoms with van der Waals surface area (Å²) in [6.45, 7) is 2.61. The smallest absolute Gasteiger partial charge is 0.306 e. The van der Waals surface area contributed by atoms with Crippen LogP contribution in [0.2, 0.25) is 0 Å². The quantitative estimate of drug-likeness (QED) is 0.373. The summed E-state index contributed by atoms with van der Waals surface area (Å²) in [5.74, 6) is -1.82. The average molecular weight is 345 g/mol. The Morgan fingerprint density at radius 2 is 1.38 bits per heavy atom. The summed E-state index contributed by atoms with van der Waals surface area (Å²) in [6, 6.07) is 0. The molecule has 142 valence electrons. The van der Waals surface area contributed by atoms with Crippen LogP contribution in [0.1, 0.15) is 77.6 Å². The zero-order chi connectivity index (χ0) is 18.2. The fourth-order valence-electron chi connectivity index (χ4n) is 2.71. The second kappa shape index (κ2) is 15.4. The number of aliphatic carboxylic acids is 1. The molecule has 6 heteroatoms. The van der Waals surface area contributed by atoms with Gasteiger partial charge in [0.15, 0.2) is 0 Å². The van der Waals surface area contributed by atoms with Crippen molar-refractivity contribution in [3.8, 4) is 0 Å². The number of nitrogens with zero attached hydrogens (tertiary/aromatic N) is 1. The lowest BCUT2D eigenvalue weighted by atomic mass is 10.1. The largest absolute Gasteiger partial charge is 0.481 e. The van der Waals surface area contributed by atoms with Gasteiger partial charge >= 0.3 is 5.97 Å². The van der Waals surface area contributed by atoms with Gasteiger partial charge in [-0.25, -0.2) is 0 Å². The minimum absolute atomic E-state index is 0.132. The Kier molecular flexibility index (Phi) is 14.7. The van der Waals surface area contributed by atoms with Gasteiger partial charge < -0.3 is 20.2 Å². The molecule has 0 aromatic rings. The molecular formula is C18H35NO5. The second-order valence-electron chi connectivity index (χ2n) is 6.34. The predicted molar refractivity (Wildman–Crippen MR) is 93.8 cm³/mol. The molecule has 0 bridgehead atoms. The van der Waals surface area contributed by atoms with E-state index < -0.39 is 24.4 Å². The number of aliphatic hydroxyl groups is 2. The fraction of sp³-hybridized carbons (Fsp3) is 0.889. The SMILES string of the molecule is CCCCCCCCCCCCN(CCO)C(=O)C(O)CC(=O)O. The van der Waals surface area contributed by atoms with Crippen LogP contribution in [-0.4, -0.2) is 57.9 Å². The van der Waals surface area contributed by atoms with Crippen molar-refractivity contribution in [1.29, 1.82) is 0 Å². The summed E-state index contributed by atoms with van der Waals surface area (Å²) >= 11 is 0. The van der Waals surface area contributed by atoms with Crippen LogP contribution in [-0.2, 0) is 9.59 Å². The van der Waals surface area contributed by atoms with Crippen LogP contribution in [0.4, 0.5) is 0 Å². The minimum atomic E-state index is -1.53. The number of hydrogen-bond acceptors (Lipinski definition) is 4. The molecule has 0 aliphatic rings. The molecule has 0 aromatic heterocycles. The van der Waals surface area contributed by atoms with Crippen molar-refractivity contribution < 1.29 is 24.9 Å². The normalized spacial score (nSPS) is 12.1. The Morgan fingerprint density at radius 1 is 0.875 bits per heavy atom. The van der Waals surface area contributed by atoms with Crippen molar-refractivity contribution >= 4 is 11.9 Å². The highest BCUT2D eigenvalue weighted by molar-refractivity contribution is 5.85. The van der Waals surface area contributed by atoms with E-state index in [9.17, 15) is 14.7 Å². The number of amides is 1. The summed E-state index contributed by atoms with van der Waals surface area (Å²) in [6.07, 6.45) is 9.76. The Bertz CT molecular complexity index is 335. The van der Waals surface area contributed by atoms with E-state index in [0.29, 0.717) is 6.54 Å².